The Morgan fingerprint density at radius 2 is 2.31 bits per heavy atom. The van der Waals surface area contributed by atoms with Crippen molar-refractivity contribution in [2.75, 3.05) is 24.5 Å². The number of nitrogens with two attached hydrogens (primary N) is 1. The van der Waals surface area contributed by atoms with Crippen LogP contribution in [-0.4, -0.2) is 47.9 Å². The van der Waals surface area contributed by atoms with Gasteiger partial charge in [-0.2, -0.15) is 0 Å². The maximum Gasteiger partial charge on any atom is 0.414 e. The number of carbonyl (C=O) groups excluding carboxylic acids is 2. The van der Waals surface area contributed by atoms with Crippen LogP contribution in [0.25, 0.3) is 10.6 Å². The van der Waals surface area contributed by atoms with Gasteiger partial charge in [0.2, 0.25) is 5.91 Å². The Morgan fingerprint density at radius 3 is 3.00 bits per heavy atom. The molecule has 8 nitrogen and oxygen atoms in total. The fourth-order valence-corrected chi connectivity index (χ4v) is 3.41. The van der Waals surface area contributed by atoms with Crippen LogP contribution in [-0.2, 0) is 16.0 Å². The number of cyclic esters (lactones) is 1. The van der Waals surface area contributed by atoms with E-state index < -0.39 is 18.0 Å². The first-order valence-corrected chi connectivity index (χ1v) is 8.84. The molecule has 138 valence electrons. The first kappa shape index (κ1) is 18.2. The highest BCUT2D eigenvalue weighted by molar-refractivity contribution is 7.14. The Hall–Kier alpha value is -2.59. The zero-order valence-electron chi connectivity index (χ0n) is 14.1. The van der Waals surface area contributed by atoms with Crippen molar-refractivity contribution in [1.82, 2.24) is 15.5 Å². The van der Waals surface area contributed by atoms with E-state index in [2.05, 4.69) is 15.5 Å². The lowest BCUT2D eigenvalue weighted by atomic mass is 10.2. The third kappa shape index (κ3) is 3.97. The predicted molar refractivity (Wildman–Crippen MR) is 94.4 cm³/mol. The third-order valence-corrected chi connectivity index (χ3v) is 4.79. The lowest BCUT2D eigenvalue weighted by Crippen LogP contribution is -2.33. The van der Waals surface area contributed by atoms with Crippen LogP contribution in [0.15, 0.2) is 18.2 Å². The van der Waals surface area contributed by atoms with Gasteiger partial charge in [-0.05, 0) is 24.7 Å². The molecule has 1 aromatic heterocycles. The molecule has 3 rings (SSSR count). The van der Waals surface area contributed by atoms with Gasteiger partial charge in [0, 0.05) is 18.9 Å². The largest absolute Gasteiger partial charge is 0.442 e. The van der Waals surface area contributed by atoms with Crippen LogP contribution in [0, 0.1) is 5.82 Å². The number of hydrogen-bond acceptors (Lipinski definition) is 7. The van der Waals surface area contributed by atoms with Crippen molar-refractivity contribution in [1.29, 1.82) is 0 Å². The van der Waals surface area contributed by atoms with Crippen LogP contribution in [0.5, 0.6) is 0 Å². The SMILES string of the molecule is CC(=O)NCC1CN(c2ccc(-c3nnc(CCN)s3)c(F)c2)C(=O)O1. The Bertz CT molecular complexity index is 828. The number of carbonyl (C=O) groups is 2. The van der Waals surface area contributed by atoms with E-state index in [1.54, 1.807) is 12.1 Å². The van der Waals surface area contributed by atoms with Crippen molar-refractivity contribution in [3.8, 4) is 10.6 Å². The van der Waals surface area contributed by atoms with Crippen molar-refractivity contribution in [2.45, 2.75) is 19.4 Å². The maximum atomic E-state index is 14.5. The van der Waals surface area contributed by atoms with Gasteiger partial charge in [0.05, 0.1) is 18.8 Å². The molecular formula is C16H18FN5O3S. The first-order valence-electron chi connectivity index (χ1n) is 8.03. The summed E-state index contributed by atoms with van der Waals surface area (Å²) in [5.41, 5.74) is 6.18. The average molecular weight is 379 g/mol. The lowest BCUT2D eigenvalue weighted by Gasteiger charge is -2.14. The molecule has 1 fully saturated rings. The zero-order chi connectivity index (χ0) is 18.7. The number of nitrogens with one attached hydrogen (secondary N) is 1. The molecule has 1 atom stereocenters. The quantitative estimate of drug-likeness (QED) is 0.783. The molecule has 1 aromatic carbocycles. The molecule has 0 radical (unpaired) electrons. The van der Waals surface area contributed by atoms with Gasteiger partial charge < -0.3 is 15.8 Å². The second-order valence-electron chi connectivity index (χ2n) is 5.76. The van der Waals surface area contributed by atoms with Gasteiger partial charge in [-0.25, -0.2) is 9.18 Å². The third-order valence-electron chi connectivity index (χ3n) is 3.77. The van der Waals surface area contributed by atoms with Crippen molar-refractivity contribution >= 4 is 29.0 Å². The van der Waals surface area contributed by atoms with E-state index in [0.717, 1.165) is 5.01 Å². The Morgan fingerprint density at radius 1 is 1.50 bits per heavy atom. The van der Waals surface area contributed by atoms with Crippen molar-refractivity contribution in [3.63, 3.8) is 0 Å². The molecule has 1 aliphatic heterocycles. The Kier molecular flexibility index (Phi) is 5.43. The van der Waals surface area contributed by atoms with Gasteiger partial charge >= 0.3 is 6.09 Å². The van der Waals surface area contributed by atoms with Crippen molar-refractivity contribution < 1.29 is 18.7 Å². The van der Waals surface area contributed by atoms with Crippen molar-refractivity contribution in [2.24, 2.45) is 5.73 Å². The fraction of sp³-hybridized carbons (Fsp3) is 0.375. The predicted octanol–water partition coefficient (Wildman–Crippen LogP) is 1.31. The highest BCUT2D eigenvalue weighted by Gasteiger charge is 2.32. The Balaban J connectivity index is 1.74. The maximum absolute atomic E-state index is 14.5. The smallest absolute Gasteiger partial charge is 0.414 e. The van der Waals surface area contributed by atoms with E-state index >= 15 is 0 Å². The molecule has 1 unspecified atom stereocenters. The second kappa shape index (κ2) is 7.75. The van der Waals surface area contributed by atoms with E-state index in [1.807, 2.05) is 0 Å². The summed E-state index contributed by atoms with van der Waals surface area (Å²) in [7, 11) is 0. The highest BCUT2D eigenvalue weighted by atomic mass is 32.1. The van der Waals surface area contributed by atoms with Gasteiger partial charge in [0.25, 0.3) is 0 Å². The Labute approximate surface area is 153 Å². The molecule has 0 bridgehead atoms. The van der Waals surface area contributed by atoms with E-state index in [0.29, 0.717) is 29.2 Å². The topological polar surface area (TPSA) is 110 Å². The standard InChI is InChI=1S/C16H18FN5O3S/c1-9(23)19-7-11-8-22(16(24)25-11)10-2-3-12(13(17)6-10)15-21-20-14(26-15)4-5-18/h2-3,6,11H,4-5,7-8,18H2,1H3,(H,19,23). The van der Waals surface area contributed by atoms with Gasteiger partial charge in [0.1, 0.15) is 16.9 Å². The molecule has 0 spiro atoms. The zero-order valence-corrected chi connectivity index (χ0v) is 14.9. The van der Waals surface area contributed by atoms with Crippen LogP contribution >= 0.6 is 11.3 Å². The summed E-state index contributed by atoms with van der Waals surface area (Å²) in [6.07, 6.45) is -0.461. The summed E-state index contributed by atoms with van der Waals surface area (Å²) in [4.78, 5) is 24.3. The van der Waals surface area contributed by atoms with E-state index in [9.17, 15) is 14.0 Å². The minimum atomic E-state index is -0.575. The normalized spacial score (nSPS) is 16.7. The van der Waals surface area contributed by atoms with Crippen LogP contribution in [0.2, 0.25) is 0 Å². The van der Waals surface area contributed by atoms with Crippen molar-refractivity contribution in [3.05, 3.63) is 29.0 Å². The molecule has 26 heavy (non-hydrogen) atoms. The second-order valence-corrected chi connectivity index (χ2v) is 6.82. The molecule has 2 heterocycles. The number of anilines is 1. The molecule has 2 amide bonds. The minimum Gasteiger partial charge on any atom is -0.442 e. The van der Waals surface area contributed by atoms with Crippen LogP contribution in [0.4, 0.5) is 14.9 Å². The highest BCUT2D eigenvalue weighted by Crippen LogP contribution is 2.30. The molecule has 0 aliphatic carbocycles. The summed E-state index contributed by atoms with van der Waals surface area (Å²) in [6, 6.07) is 4.46. The molecular weight excluding hydrogens is 361 g/mol. The number of ether oxygens (including phenoxy) is 1. The fourth-order valence-electron chi connectivity index (χ4n) is 2.53. The summed E-state index contributed by atoms with van der Waals surface area (Å²) in [5.74, 6) is -0.711. The summed E-state index contributed by atoms with van der Waals surface area (Å²) >= 11 is 1.29. The van der Waals surface area contributed by atoms with E-state index in [4.69, 9.17) is 10.5 Å². The summed E-state index contributed by atoms with van der Waals surface area (Å²) in [5, 5.41) is 11.8. The number of benzene rings is 1. The lowest BCUT2D eigenvalue weighted by molar-refractivity contribution is -0.119. The molecule has 0 saturated carbocycles. The minimum absolute atomic E-state index is 0.207. The molecule has 1 aliphatic rings. The van der Waals surface area contributed by atoms with Gasteiger partial charge in [-0.3, -0.25) is 9.69 Å². The molecule has 10 heteroatoms. The number of rotatable bonds is 6. The van der Waals surface area contributed by atoms with Crippen LogP contribution < -0.4 is 16.0 Å². The monoisotopic (exact) mass is 379 g/mol. The number of hydrogen-bond donors (Lipinski definition) is 2. The average Bonchev–Trinajstić information content (AvgIpc) is 3.20. The summed E-state index contributed by atoms with van der Waals surface area (Å²) in [6.45, 7) is 2.28. The van der Waals surface area contributed by atoms with Crippen LogP contribution in [0.3, 0.4) is 0 Å². The van der Waals surface area contributed by atoms with E-state index in [1.165, 1.54) is 29.2 Å². The van der Waals surface area contributed by atoms with Crippen LogP contribution in [0.1, 0.15) is 11.9 Å². The molecule has 3 N–H and O–H groups in total. The summed E-state index contributed by atoms with van der Waals surface area (Å²) < 4.78 is 19.7. The van der Waals surface area contributed by atoms with Gasteiger partial charge in [0.15, 0.2) is 5.01 Å². The first-order chi connectivity index (χ1) is 12.5. The van der Waals surface area contributed by atoms with Gasteiger partial charge in [-0.15, -0.1) is 10.2 Å². The number of aromatic nitrogens is 2. The molecule has 1 saturated heterocycles. The molecule has 2 aromatic rings. The number of nitrogens with zero attached hydrogens (tertiary/aromatic N) is 3. The number of amides is 2. The number of halogens is 1. The van der Waals surface area contributed by atoms with Gasteiger partial charge in [-0.1, -0.05) is 11.3 Å². The van der Waals surface area contributed by atoms with E-state index in [-0.39, 0.29) is 19.0 Å².